The molecule has 1 unspecified atom stereocenters. The van der Waals surface area contributed by atoms with E-state index in [2.05, 4.69) is 11.8 Å². The van der Waals surface area contributed by atoms with Crippen molar-refractivity contribution >= 4 is 34.0 Å². The van der Waals surface area contributed by atoms with E-state index in [-0.39, 0.29) is 11.9 Å². The Morgan fingerprint density at radius 1 is 0.962 bits per heavy atom. The number of nitrogens with zero attached hydrogens (tertiary/aromatic N) is 2. The Balaban J connectivity index is 1.55. The molecule has 0 bridgehead atoms. The molecule has 0 N–H and O–H groups in total. The van der Waals surface area contributed by atoms with E-state index in [4.69, 9.17) is 11.6 Å². The molecular weight excluding hydrogens is 344 g/mol. The van der Waals surface area contributed by atoms with Crippen LogP contribution in [-0.4, -0.2) is 36.5 Å². The van der Waals surface area contributed by atoms with Gasteiger partial charge in [-0.05, 0) is 48.0 Å². The minimum absolute atomic E-state index is 0.115. The molecule has 0 radical (unpaired) electrons. The number of rotatable bonds is 2. The Bertz CT molecular complexity index is 933. The number of fused-ring (bicyclic) bond motifs is 1. The van der Waals surface area contributed by atoms with Crippen molar-refractivity contribution in [2.45, 2.75) is 13.0 Å². The number of piperazine rings is 1. The molecule has 1 aliphatic rings. The predicted molar refractivity (Wildman–Crippen MR) is 108 cm³/mol. The van der Waals surface area contributed by atoms with Gasteiger partial charge in [-0.1, -0.05) is 48.0 Å². The largest absolute Gasteiger partial charge is 0.365 e. The molecule has 0 spiro atoms. The third-order valence-corrected chi connectivity index (χ3v) is 5.34. The number of carbonyl (C=O) groups excluding carboxylic acids is 1. The zero-order valence-corrected chi connectivity index (χ0v) is 15.5. The molecule has 4 rings (SSSR count). The summed E-state index contributed by atoms with van der Waals surface area (Å²) in [6, 6.07) is 22.2. The van der Waals surface area contributed by atoms with E-state index in [0.717, 1.165) is 40.1 Å². The maximum absolute atomic E-state index is 13.1. The van der Waals surface area contributed by atoms with Crippen LogP contribution in [0.5, 0.6) is 0 Å². The molecule has 0 aromatic heterocycles. The van der Waals surface area contributed by atoms with Gasteiger partial charge in [-0.25, -0.2) is 0 Å². The van der Waals surface area contributed by atoms with Gasteiger partial charge in [0.05, 0.1) is 0 Å². The molecule has 3 aromatic carbocycles. The van der Waals surface area contributed by atoms with Crippen molar-refractivity contribution in [3.8, 4) is 0 Å². The van der Waals surface area contributed by atoms with Crippen LogP contribution in [0.25, 0.3) is 10.8 Å². The lowest BCUT2D eigenvalue weighted by Gasteiger charge is -2.41. The number of amides is 1. The van der Waals surface area contributed by atoms with Crippen molar-refractivity contribution in [1.29, 1.82) is 0 Å². The van der Waals surface area contributed by atoms with E-state index in [9.17, 15) is 4.79 Å². The van der Waals surface area contributed by atoms with E-state index in [1.165, 1.54) is 0 Å². The average molecular weight is 365 g/mol. The third kappa shape index (κ3) is 3.15. The summed E-state index contributed by atoms with van der Waals surface area (Å²) in [5, 5.41) is 2.87. The monoisotopic (exact) mass is 364 g/mol. The van der Waals surface area contributed by atoms with E-state index >= 15 is 0 Å². The maximum Gasteiger partial charge on any atom is 0.254 e. The standard InChI is InChI=1S/C22H21ClN2O/c1-16-15-24(13-14-25(16)19-11-9-18(23)10-12-19)22(26)21-8-4-6-17-5-2-3-7-20(17)21/h2-12,16H,13-15H2,1H3. The number of benzene rings is 3. The van der Waals surface area contributed by atoms with Crippen molar-refractivity contribution in [2.75, 3.05) is 24.5 Å². The molecule has 4 heteroatoms. The van der Waals surface area contributed by atoms with Gasteiger partial charge in [0.2, 0.25) is 0 Å². The van der Waals surface area contributed by atoms with Crippen molar-refractivity contribution in [3.05, 3.63) is 77.3 Å². The summed E-state index contributed by atoms with van der Waals surface area (Å²) in [5.41, 5.74) is 1.94. The number of halogens is 1. The Morgan fingerprint density at radius 3 is 2.46 bits per heavy atom. The van der Waals surface area contributed by atoms with Gasteiger partial charge < -0.3 is 9.80 Å². The maximum atomic E-state index is 13.1. The highest BCUT2D eigenvalue weighted by atomic mass is 35.5. The van der Waals surface area contributed by atoms with Gasteiger partial charge in [0.25, 0.3) is 5.91 Å². The van der Waals surface area contributed by atoms with Crippen LogP contribution >= 0.6 is 11.6 Å². The topological polar surface area (TPSA) is 23.6 Å². The number of carbonyl (C=O) groups is 1. The molecule has 3 nitrogen and oxygen atoms in total. The minimum atomic E-state index is 0.115. The Morgan fingerprint density at radius 2 is 1.69 bits per heavy atom. The molecule has 1 fully saturated rings. The molecule has 0 aliphatic carbocycles. The molecular formula is C22H21ClN2O. The molecule has 0 saturated carbocycles. The first kappa shape index (κ1) is 16.9. The molecule has 1 atom stereocenters. The van der Waals surface area contributed by atoms with Gasteiger partial charge in [-0.15, -0.1) is 0 Å². The molecule has 1 heterocycles. The Kier molecular flexibility index (Phi) is 4.56. The summed E-state index contributed by atoms with van der Waals surface area (Å²) in [6.07, 6.45) is 0. The van der Waals surface area contributed by atoms with Gasteiger partial charge in [-0.2, -0.15) is 0 Å². The van der Waals surface area contributed by atoms with Crippen LogP contribution in [0.2, 0.25) is 5.02 Å². The molecule has 26 heavy (non-hydrogen) atoms. The fraction of sp³-hybridized carbons (Fsp3) is 0.227. The first-order valence-corrected chi connectivity index (χ1v) is 9.30. The first-order valence-electron chi connectivity index (χ1n) is 8.93. The lowest BCUT2D eigenvalue weighted by molar-refractivity contribution is 0.0728. The average Bonchev–Trinajstić information content (AvgIpc) is 2.68. The van der Waals surface area contributed by atoms with Gasteiger partial charge in [-0.3, -0.25) is 4.79 Å². The lowest BCUT2D eigenvalue weighted by atomic mass is 10.0. The van der Waals surface area contributed by atoms with Crippen LogP contribution in [-0.2, 0) is 0 Å². The van der Waals surface area contributed by atoms with Crippen LogP contribution in [0, 0.1) is 0 Å². The van der Waals surface area contributed by atoms with Crippen LogP contribution in [0.3, 0.4) is 0 Å². The second-order valence-corrected chi connectivity index (χ2v) is 7.23. The van der Waals surface area contributed by atoms with Crippen molar-refractivity contribution in [2.24, 2.45) is 0 Å². The van der Waals surface area contributed by atoms with Gasteiger partial charge in [0, 0.05) is 41.9 Å². The quantitative estimate of drug-likeness (QED) is 0.649. The van der Waals surface area contributed by atoms with Crippen molar-refractivity contribution < 1.29 is 4.79 Å². The zero-order chi connectivity index (χ0) is 18.1. The summed E-state index contributed by atoms with van der Waals surface area (Å²) in [7, 11) is 0. The van der Waals surface area contributed by atoms with E-state index in [1.807, 2.05) is 71.6 Å². The second-order valence-electron chi connectivity index (χ2n) is 6.80. The minimum Gasteiger partial charge on any atom is -0.365 e. The highest BCUT2D eigenvalue weighted by Gasteiger charge is 2.28. The fourth-order valence-electron chi connectivity index (χ4n) is 3.74. The van der Waals surface area contributed by atoms with Crippen LogP contribution in [0.4, 0.5) is 5.69 Å². The molecule has 1 saturated heterocycles. The number of hydrogen-bond acceptors (Lipinski definition) is 2. The number of anilines is 1. The van der Waals surface area contributed by atoms with Gasteiger partial charge in [0.15, 0.2) is 0 Å². The van der Waals surface area contributed by atoms with Crippen LogP contribution in [0.15, 0.2) is 66.7 Å². The Labute approximate surface area is 158 Å². The van der Waals surface area contributed by atoms with E-state index < -0.39 is 0 Å². The normalized spacial score (nSPS) is 17.5. The van der Waals surface area contributed by atoms with Crippen LogP contribution in [0.1, 0.15) is 17.3 Å². The van der Waals surface area contributed by atoms with Crippen molar-refractivity contribution in [1.82, 2.24) is 4.90 Å². The van der Waals surface area contributed by atoms with Crippen LogP contribution < -0.4 is 4.90 Å². The zero-order valence-electron chi connectivity index (χ0n) is 14.7. The van der Waals surface area contributed by atoms with Gasteiger partial charge >= 0.3 is 0 Å². The highest BCUT2D eigenvalue weighted by Crippen LogP contribution is 2.25. The fourth-order valence-corrected chi connectivity index (χ4v) is 3.87. The molecule has 3 aromatic rings. The first-order chi connectivity index (χ1) is 12.6. The van der Waals surface area contributed by atoms with E-state index in [0.29, 0.717) is 6.54 Å². The summed E-state index contributed by atoms with van der Waals surface area (Å²) < 4.78 is 0. The van der Waals surface area contributed by atoms with Gasteiger partial charge in [0.1, 0.15) is 0 Å². The summed E-state index contributed by atoms with van der Waals surface area (Å²) >= 11 is 6.00. The summed E-state index contributed by atoms with van der Waals surface area (Å²) in [6.45, 7) is 4.41. The predicted octanol–water partition coefficient (Wildman–Crippen LogP) is 4.84. The lowest BCUT2D eigenvalue weighted by Crippen LogP contribution is -2.53. The molecule has 132 valence electrons. The molecule has 1 aliphatic heterocycles. The second kappa shape index (κ2) is 7.00. The Hall–Kier alpha value is -2.52. The molecule has 1 amide bonds. The summed E-state index contributed by atoms with van der Waals surface area (Å²) in [5.74, 6) is 0.115. The van der Waals surface area contributed by atoms with Crippen molar-refractivity contribution in [3.63, 3.8) is 0 Å². The third-order valence-electron chi connectivity index (χ3n) is 5.09. The number of hydrogen-bond donors (Lipinski definition) is 0. The smallest absolute Gasteiger partial charge is 0.254 e. The SMILES string of the molecule is CC1CN(C(=O)c2cccc3ccccc23)CCN1c1ccc(Cl)cc1. The van der Waals surface area contributed by atoms with E-state index in [1.54, 1.807) is 0 Å². The highest BCUT2D eigenvalue weighted by molar-refractivity contribution is 6.30. The summed E-state index contributed by atoms with van der Waals surface area (Å²) in [4.78, 5) is 17.4.